The standard InChI is InChI=1S/C12H20ClNS/c1-4-11-5-6-12(15-11)9-14(3)8-7-10(2)13/h5-6,10H,4,7-9H2,1-3H3. The summed E-state index contributed by atoms with van der Waals surface area (Å²) < 4.78 is 0. The van der Waals surface area contributed by atoms with Gasteiger partial charge in [0, 0.05) is 21.7 Å². The highest BCUT2D eigenvalue weighted by atomic mass is 35.5. The SMILES string of the molecule is CCc1ccc(CN(C)CCC(C)Cl)s1. The summed E-state index contributed by atoms with van der Waals surface area (Å²) in [5.41, 5.74) is 0. The number of halogens is 1. The van der Waals surface area contributed by atoms with E-state index in [0.717, 1.165) is 25.9 Å². The van der Waals surface area contributed by atoms with Crippen molar-refractivity contribution >= 4 is 22.9 Å². The highest BCUT2D eigenvalue weighted by Gasteiger charge is 2.04. The average molecular weight is 246 g/mol. The summed E-state index contributed by atoms with van der Waals surface area (Å²) in [6, 6.07) is 4.47. The van der Waals surface area contributed by atoms with Crippen LogP contribution in [0.15, 0.2) is 12.1 Å². The number of thiophene rings is 1. The highest BCUT2D eigenvalue weighted by Crippen LogP contribution is 2.18. The van der Waals surface area contributed by atoms with Crippen LogP contribution in [0.3, 0.4) is 0 Å². The Kier molecular flexibility index (Phi) is 5.65. The maximum absolute atomic E-state index is 5.93. The van der Waals surface area contributed by atoms with E-state index in [1.54, 1.807) is 0 Å². The molecular weight excluding hydrogens is 226 g/mol. The van der Waals surface area contributed by atoms with Crippen LogP contribution in [0.25, 0.3) is 0 Å². The molecular formula is C12H20ClNS. The second kappa shape index (κ2) is 6.51. The van der Waals surface area contributed by atoms with E-state index in [4.69, 9.17) is 11.6 Å². The lowest BCUT2D eigenvalue weighted by Crippen LogP contribution is -2.20. The van der Waals surface area contributed by atoms with E-state index in [2.05, 4.69) is 37.9 Å². The lowest BCUT2D eigenvalue weighted by molar-refractivity contribution is 0.324. The molecule has 0 aliphatic carbocycles. The molecule has 86 valence electrons. The monoisotopic (exact) mass is 245 g/mol. The fourth-order valence-electron chi connectivity index (χ4n) is 1.44. The summed E-state index contributed by atoms with van der Waals surface area (Å²) in [5.74, 6) is 0. The summed E-state index contributed by atoms with van der Waals surface area (Å²) in [4.78, 5) is 5.27. The smallest absolute Gasteiger partial charge is 0.0324 e. The molecule has 0 saturated heterocycles. The van der Waals surface area contributed by atoms with Gasteiger partial charge in [-0.3, -0.25) is 0 Å². The van der Waals surface area contributed by atoms with Crippen LogP contribution < -0.4 is 0 Å². The van der Waals surface area contributed by atoms with E-state index in [9.17, 15) is 0 Å². The molecule has 0 aliphatic heterocycles. The van der Waals surface area contributed by atoms with Gasteiger partial charge in [-0.05, 0) is 45.5 Å². The molecule has 0 fully saturated rings. The van der Waals surface area contributed by atoms with E-state index in [0.29, 0.717) is 0 Å². The molecule has 0 aromatic carbocycles. The van der Waals surface area contributed by atoms with E-state index in [1.165, 1.54) is 9.75 Å². The van der Waals surface area contributed by atoms with E-state index in [1.807, 2.05) is 11.3 Å². The van der Waals surface area contributed by atoms with Crippen molar-refractivity contribution < 1.29 is 0 Å². The first-order valence-electron chi connectivity index (χ1n) is 5.52. The average Bonchev–Trinajstić information content (AvgIpc) is 2.62. The summed E-state index contributed by atoms with van der Waals surface area (Å²) in [7, 11) is 2.16. The van der Waals surface area contributed by atoms with Crippen molar-refractivity contribution in [3.63, 3.8) is 0 Å². The minimum atomic E-state index is 0.280. The van der Waals surface area contributed by atoms with Gasteiger partial charge in [0.05, 0.1) is 0 Å². The molecule has 0 amide bonds. The Labute approximate surface area is 102 Å². The first kappa shape index (κ1) is 13.0. The fourth-order valence-corrected chi connectivity index (χ4v) is 2.58. The van der Waals surface area contributed by atoms with Gasteiger partial charge in [0.2, 0.25) is 0 Å². The van der Waals surface area contributed by atoms with Crippen molar-refractivity contribution in [2.45, 2.75) is 38.6 Å². The van der Waals surface area contributed by atoms with Gasteiger partial charge in [-0.1, -0.05) is 6.92 Å². The van der Waals surface area contributed by atoms with Crippen LogP contribution in [-0.2, 0) is 13.0 Å². The molecule has 15 heavy (non-hydrogen) atoms. The van der Waals surface area contributed by atoms with Gasteiger partial charge in [-0.2, -0.15) is 0 Å². The fraction of sp³-hybridized carbons (Fsp3) is 0.667. The van der Waals surface area contributed by atoms with Crippen molar-refractivity contribution in [1.29, 1.82) is 0 Å². The quantitative estimate of drug-likeness (QED) is 0.690. The predicted molar refractivity (Wildman–Crippen MR) is 70.0 cm³/mol. The maximum Gasteiger partial charge on any atom is 0.0324 e. The number of hydrogen-bond acceptors (Lipinski definition) is 2. The predicted octanol–water partition coefficient (Wildman–Crippen LogP) is 3.76. The van der Waals surface area contributed by atoms with Crippen molar-refractivity contribution in [1.82, 2.24) is 4.90 Å². The van der Waals surface area contributed by atoms with Gasteiger partial charge < -0.3 is 4.90 Å². The van der Waals surface area contributed by atoms with Crippen LogP contribution in [0.1, 0.15) is 30.0 Å². The molecule has 1 rings (SSSR count). The molecule has 0 saturated carbocycles. The zero-order valence-electron chi connectivity index (χ0n) is 9.79. The topological polar surface area (TPSA) is 3.24 Å². The molecule has 1 atom stereocenters. The number of rotatable bonds is 6. The first-order valence-corrected chi connectivity index (χ1v) is 6.77. The second-order valence-electron chi connectivity index (χ2n) is 4.03. The zero-order valence-corrected chi connectivity index (χ0v) is 11.4. The van der Waals surface area contributed by atoms with Crippen LogP contribution in [0, 0.1) is 0 Å². The lowest BCUT2D eigenvalue weighted by Gasteiger charge is -2.16. The van der Waals surface area contributed by atoms with E-state index in [-0.39, 0.29) is 5.38 Å². The molecule has 0 N–H and O–H groups in total. The van der Waals surface area contributed by atoms with Crippen LogP contribution in [0.5, 0.6) is 0 Å². The third-order valence-corrected chi connectivity index (χ3v) is 3.83. The van der Waals surface area contributed by atoms with Crippen molar-refractivity contribution in [3.05, 3.63) is 21.9 Å². The molecule has 0 spiro atoms. The van der Waals surface area contributed by atoms with Crippen molar-refractivity contribution in [2.24, 2.45) is 0 Å². The van der Waals surface area contributed by atoms with Gasteiger partial charge in [-0.25, -0.2) is 0 Å². The van der Waals surface area contributed by atoms with Gasteiger partial charge in [0.1, 0.15) is 0 Å². The van der Waals surface area contributed by atoms with Crippen molar-refractivity contribution in [2.75, 3.05) is 13.6 Å². The first-order chi connectivity index (χ1) is 7.11. The summed E-state index contributed by atoms with van der Waals surface area (Å²) in [6.45, 7) is 6.38. The Balaban J connectivity index is 2.33. The Hall–Kier alpha value is -0.0500. The molecule has 1 unspecified atom stereocenters. The normalized spacial score (nSPS) is 13.4. The minimum absolute atomic E-state index is 0.280. The molecule has 0 radical (unpaired) electrons. The third-order valence-electron chi connectivity index (χ3n) is 2.40. The Morgan fingerprint density at radius 2 is 2.07 bits per heavy atom. The molecule has 1 nitrogen and oxygen atoms in total. The van der Waals surface area contributed by atoms with E-state index >= 15 is 0 Å². The largest absolute Gasteiger partial charge is 0.301 e. The van der Waals surface area contributed by atoms with Gasteiger partial charge in [0.25, 0.3) is 0 Å². The summed E-state index contributed by atoms with van der Waals surface area (Å²) in [5, 5.41) is 0.280. The molecule has 0 bridgehead atoms. The summed E-state index contributed by atoms with van der Waals surface area (Å²) >= 11 is 7.85. The van der Waals surface area contributed by atoms with Crippen LogP contribution in [0.4, 0.5) is 0 Å². The van der Waals surface area contributed by atoms with Crippen molar-refractivity contribution in [3.8, 4) is 0 Å². The van der Waals surface area contributed by atoms with E-state index < -0.39 is 0 Å². The highest BCUT2D eigenvalue weighted by molar-refractivity contribution is 7.11. The second-order valence-corrected chi connectivity index (χ2v) is 6.03. The minimum Gasteiger partial charge on any atom is -0.301 e. The van der Waals surface area contributed by atoms with Crippen LogP contribution >= 0.6 is 22.9 Å². The molecule has 0 aliphatic rings. The maximum atomic E-state index is 5.93. The Morgan fingerprint density at radius 3 is 2.60 bits per heavy atom. The molecule has 1 aromatic heterocycles. The lowest BCUT2D eigenvalue weighted by atomic mass is 10.3. The number of nitrogens with zero attached hydrogens (tertiary/aromatic N) is 1. The Bertz CT molecular complexity index is 283. The van der Waals surface area contributed by atoms with Gasteiger partial charge >= 0.3 is 0 Å². The molecule has 3 heteroatoms. The van der Waals surface area contributed by atoms with Gasteiger partial charge in [0.15, 0.2) is 0 Å². The third kappa shape index (κ3) is 5.01. The number of alkyl halides is 1. The Morgan fingerprint density at radius 1 is 1.40 bits per heavy atom. The number of hydrogen-bond donors (Lipinski definition) is 0. The molecule has 1 aromatic rings. The molecule has 1 heterocycles. The zero-order chi connectivity index (χ0) is 11.3. The number of aryl methyl sites for hydroxylation is 1. The van der Waals surface area contributed by atoms with Crippen LogP contribution in [0.2, 0.25) is 0 Å². The summed E-state index contributed by atoms with van der Waals surface area (Å²) in [6.07, 6.45) is 2.21. The van der Waals surface area contributed by atoms with Gasteiger partial charge in [-0.15, -0.1) is 22.9 Å². The van der Waals surface area contributed by atoms with Crippen LogP contribution in [-0.4, -0.2) is 23.9 Å².